The summed E-state index contributed by atoms with van der Waals surface area (Å²) in [4.78, 5) is 33.0. The second-order valence-electron chi connectivity index (χ2n) is 3.44. The summed E-state index contributed by atoms with van der Waals surface area (Å²) in [6.07, 6.45) is 0. The summed E-state index contributed by atoms with van der Waals surface area (Å²) in [7, 11) is 0. The second kappa shape index (κ2) is 6.69. The highest BCUT2D eigenvalue weighted by Gasteiger charge is 2.15. The third kappa shape index (κ3) is 4.92. The molecule has 0 fully saturated rings. The number of amides is 2. The van der Waals surface area contributed by atoms with Crippen LogP contribution in [0.15, 0.2) is 18.2 Å². The van der Waals surface area contributed by atoms with Crippen LogP contribution in [-0.2, 0) is 14.3 Å². The van der Waals surface area contributed by atoms with Gasteiger partial charge in [0.15, 0.2) is 6.61 Å². The van der Waals surface area contributed by atoms with Crippen molar-refractivity contribution in [3.05, 3.63) is 34.6 Å². The predicted octanol–water partition coefficient (Wildman–Crippen LogP) is 0.237. The van der Waals surface area contributed by atoms with Gasteiger partial charge < -0.3 is 15.8 Å². The zero-order valence-corrected chi connectivity index (χ0v) is 10.4. The van der Waals surface area contributed by atoms with Crippen LogP contribution in [0.2, 0.25) is 5.02 Å². The fraction of sp³-hybridized carbons (Fsp3) is 0.182. The molecule has 3 N–H and O–H groups in total. The molecular weight excluding hydrogens is 279 g/mol. The van der Waals surface area contributed by atoms with Gasteiger partial charge in [-0.15, -0.1) is 0 Å². The first-order valence-corrected chi connectivity index (χ1v) is 5.45. The molecule has 6 nitrogen and oxygen atoms in total. The second-order valence-corrected chi connectivity index (χ2v) is 3.88. The largest absolute Gasteiger partial charge is 0.452 e. The molecule has 19 heavy (non-hydrogen) atoms. The maximum absolute atomic E-state index is 13.3. The minimum Gasteiger partial charge on any atom is -0.452 e. The van der Waals surface area contributed by atoms with E-state index in [1.807, 2.05) is 0 Å². The Hall–Kier alpha value is -2.15. The molecule has 0 radical (unpaired) electrons. The Bertz CT molecular complexity index is 521. The van der Waals surface area contributed by atoms with E-state index < -0.39 is 30.2 Å². The van der Waals surface area contributed by atoms with Crippen molar-refractivity contribution in [2.24, 2.45) is 5.73 Å². The van der Waals surface area contributed by atoms with E-state index in [0.29, 0.717) is 0 Å². The van der Waals surface area contributed by atoms with Gasteiger partial charge in [0.1, 0.15) is 5.82 Å². The van der Waals surface area contributed by atoms with Crippen molar-refractivity contribution < 1.29 is 23.5 Å². The van der Waals surface area contributed by atoms with E-state index in [4.69, 9.17) is 17.3 Å². The monoisotopic (exact) mass is 288 g/mol. The van der Waals surface area contributed by atoms with Gasteiger partial charge >= 0.3 is 5.97 Å². The molecule has 0 aromatic heterocycles. The maximum atomic E-state index is 13.3. The Morgan fingerprint density at radius 3 is 2.68 bits per heavy atom. The molecule has 2 amide bonds. The Morgan fingerprint density at radius 1 is 1.37 bits per heavy atom. The van der Waals surface area contributed by atoms with Gasteiger partial charge in [-0.25, -0.2) is 9.18 Å². The zero-order valence-electron chi connectivity index (χ0n) is 9.61. The fourth-order valence-electron chi connectivity index (χ4n) is 1.10. The first-order chi connectivity index (χ1) is 8.90. The van der Waals surface area contributed by atoms with E-state index in [-0.39, 0.29) is 17.1 Å². The number of ether oxygens (including phenoxy) is 1. The lowest BCUT2D eigenvalue weighted by atomic mass is 10.2. The number of hydrogen-bond acceptors (Lipinski definition) is 4. The molecule has 0 spiro atoms. The van der Waals surface area contributed by atoms with E-state index >= 15 is 0 Å². The van der Waals surface area contributed by atoms with Crippen molar-refractivity contribution in [1.82, 2.24) is 5.32 Å². The topological polar surface area (TPSA) is 98.5 Å². The van der Waals surface area contributed by atoms with Gasteiger partial charge in [0.2, 0.25) is 5.91 Å². The summed E-state index contributed by atoms with van der Waals surface area (Å²) in [6, 6.07) is 3.36. The normalized spacial score (nSPS) is 9.79. The molecule has 8 heteroatoms. The van der Waals surface area contributed by atoms with Crippen molar-refractivity contribution in [2.45, 2.75) is 0 Å². The van der Waals surface area contributed by atoms with Gasteiger partial charge in [0.05, 0.1) is 12.1 Å². The van der Waals surface area contributed by atoms with Crippen LogP contribution in [-0.4, -0.2) is 30.9 Å². The SMILES string of the molecule is NC(=O)CNC(=O)COC(=O)c1cc(Cl)ccc1F. The van der Waals surface area contributed by atoms with Crippen LogP contribution in [0, 0.1) is 5.82 Å². The highest BCUT2D eigenvalue weighted by Crippen LogP contribution is 2.15. The summed E-state index contributed by atoms with van der Waals surface area (Å²) >= 11 is 5.60. The molecule has 0 saturated heterocycles. The molecular formula is C11H10ClFN2O4. The van der Waals surface area contributed by atoms with E-state index in [1.165, 1.54) is 6.07 Å². The number of esters is 1. The molecule has 0 unspecified atom stereocenters. The van der Waals surface area contributed by atoms with Gasteiger partial charge in [-0.05, 0) is 18.2 Å². The quantitative estimate of drug-likeness (QED) is 0.758. The van der Waals surface area contributed by atoms with Gasteiger partial charge in [0.25, 0.3) is 5.91 Å². The van der Waals surface area contributed by atoms with Crippen molar-refractivity contribution in [1.29, 1.82) is 0 Å². The number of hydrogen-bond donors (Lipinski definition) is 2. The van der Waals surface area contributed by atoms with E-state index in [9.17, 15) is 18.8 Å². The Labute approximate surface area is 112 Å². The van der Waals surface area contributed by atoms with Crippen LogP contribution in [0.5, 0.6) is 0 Å². The number of nitrogens with one attached hydrogen (secondary N) is 1. The van der Waals surface area contributed by atoms with Crippen LogP contribution in [0.1, 0.15) is 10.4 Å². The predicted molar refractivity (Wildman–Crippen MR) is 63.9 cm³/mol. The molecule has 0 saturated carbocycles. The molecule has 0 aliphatic carbocycles. The lowest BCUT2D eigenvalue weighted by Gasteiger charge is -2.06. The van der Waals surface area contributed by atoms with E-state index in [0.717, 1.165) is 12.1 Å². The fourth-order valence-corrected chi connectivity index (χ4v) is 1.27. The van der Waals surface area contributed by atoms with Crippen LogP contribution in [0.4, 0.5) is 4.39 Å². The number of carbonyl (C=O) groups excluding carboxylic acids is 3. The number of nitrogens with two attached hydrogens (primary N) is 1. The summed E-state index contributed by atoms with van der Waals surface area (Å²) in [6.45, 7) is -1.03. The van der Waals surface area contributed by atoms with E-state index in [1.54, 1.807) is 0 Å². The van der Waals surface area contributed by atoms with Crippen molar-refractivity contribution in [3.63, 3.8) is 0 Å². The smallest absolute Gasteiger partial charge is 0.341 e. The molecule has 0 aliphatic rings. The highest BCUT2D eigenvalue weighted by atomic mass is 35.5. The first kappa shape index (κ1) is 14.9. The summed E-state index contributed by atoms with van der Waals surface area (Å²) in [5.74, 6) is -3.31. The minimum atomic E-state index is -1.03. The molecule has 1 aromatic carbocycles. The number of benzene rings is 1. The summed E-state index contributed by atoms with van der Waals surface area (Å²) in [5, 5.41) is 2.26. The van der Waals surface area contributed by atoms with Crippen molar-refractivity contribution in [3.8, 4) is 0 Å². The van der Waals surface area contributed by atoms with E-state index in [2.05, 4.69) is 10.1 Å². The van der Waals surface area contributed by atoms with Gasteiger partial charge in [-0.2, -0.15) is 0 Å². The van der Waals surface area contributed by atoms with Gasteiger partial charge in [-0.3, -0.25) is 9.59 Å². The lowest BCUT2D eigenvalue weighted by molar-refractivity contribution is -0.127. The molecule has 0 atom stereocenters. The third-order valence-electron chi connectivity index (χ3n) is 1.94. The maximum Gasteiger partial charge on any atom is 0.341 e. The van der Waals surface area contributed by atoms with Gasteiger partial charge in [-0.1, -0.05) is 11.6 Å². The Kier molecular flexibility index (Phi) is 5.25. The number of rotatable bonds is 5. The molecule has 102 valence electrons. The molecule has 1 aromatic rings. The van der Waals surface area contributed by atoms with Crippen LogP contribution >= 0.6 is 11.6 Å². The average Bonchev–Trinajstić information content (AvgIpc) is 2.36. The third-order valence-corrected chi connectivity index (χ3v) is 2.18. The van der Waals surface area contributed by atoms with Crippen LogP contribution in [0.25, 0.3) is 0 Å². The number of carbonyl (C=O) groups is 3. The van der Waals surface area contributed by atoms with Crippen LogP contribution < -0.4 is 11.1 Å². The highest BCUT2D eigenvalue weighted by molar-refractivity contribution is 6.30. The van der Waals surface area contributed by atoms with Crippen molar-refractivity contribution in [2.75, 3.05) is 13.2 Å². The number of primary amides is 1. The zero-order chi connectivity index (χ0) is 14.4. The Morgan fingerprint density at radius 2 is 2.05 bits per heavy atom. The number of halogens is 2. The molecule has 0 aliphatic heterocycles. The van der Waals surface area contributed by atoms with Gasteiger partial charge in [0, 0.05) is 5.02 Å². The summed E-state index contributed by atoms with van der Waals surface area (Å²) in [5.41, 5.74) is 4.42. The average molecular weight is 289 g/mol. The standard InChI is InChI=1S/C11H10ClFN2O4/c12-6-1-2-8(13)7(3-6)11(18)19-5-10(17)15-4-9(14)16/h1-3H,4-5H2,(H2,14,16)(H,15,17). The molecule has 0 heterocycles. The lowest BCUT2D eigenvalue weighted by Crippen LogP contribution is -2.36. The first-order valence-electron chi connectivity index (χ1n) is 5.07. The molecule has 0 bridgehead atoms. The summed E-state index contributed by atoms with van der Waals surface area (Å²) < 4.78 is 17.8. The van der Waals surface area contributed by atoms with Crippen molar-refractivity contribution >= 4 is 29.4 Å². The molecule has 1 rings (SSSR count). The Balaban J connectivity index is 2.53. The van der Waals surface area contributed by atoms with Crippen LogP contribution in [0.3, 0.4) is 0 Å². The minimum absolute atomic E-state index is 0.159.